The minimum Gasteiger partial charge on any atom is -0.386 e. The second-order valence-corrected chi connectivity index (χ2v) is 7.12. The summed E-state index contributed by atoms with van der Waals surface area (Å²) >= 11 is 0. The summed E-state index contributed by atoms with van der Waals surface area (Å²) in [6.45, 7) is 8.07. The zero-order valence-electron chi connectivity index (χ0n) is 16.3. The molecule has 3 N–H and O–H groups in total. The summed E-state index contributed by atoms with van der Waals surface area (Å²) in [6, 6.07) is 3.84. The number of aryl methyl sites for hydroxylation is 1. The lowest BCUT2D eigenvalue weighted by Gasteiger charge is -2.25. The molecule has 3 heterocycles. The highest BCUT2D eigenvalue weighted by atomic mass is 16.3. The number of hydrogen-bond donors (Lipinski definition) is 3. The van der Waals surface area contributed by atoms with Crippen molar-refractivity contribution in [2.45, 2.75) is 58.2 Å². The van der Waals surface area contributed by atoms with Crippen molar-refractivity contribution in [3.63, 3.8) is 0 Å². The third-order valence-electron chi connectivity index (χ3n) is 4.59. The number of aliphatic hydroxyl groups is 1. The van der Waals surface area contributed by atoms with Gasteiger partial charge in [0.2, 0.25) is 0 Å². The highest BCUT2D eigenvalue weighted by Crippen LogP contribution is 2.17. The van der Waals surface area contributed by atoms with E-state index in [2.05, 4.69) is 44.5 Å². The van der Waals surface area contributed by atoms with Crippen molar-refractivity contribution in [3.8, 4) is 0 Å². The summed E-state index contributed by atoms with van der Waals surface area (Å²) in [5.41, 5.74) is 0.815. The number of aliphatic imine (C=N–C) groups is 1. The van der Waals surface area contributed by atoms with Crippen LogP contribution in [-0.2, 0) is 13.0 Å². The lowest BCUT2D eigenvalue weighted by atomic mass is 10.1. The van der Waals surface area contributed by atoms with Crippen LogP contribution >= 0.6 is 0 Å². The minimum absolute atomic E-state index is 0.232. The number of aliphatic hydroxyl groups excluding tert-OH is 1. The van der Waals surface area contributed by atoms with Crippen molar-refractivity contribution in [3.05, 3.63) is 41.7 Å². The quantitative estimate of drug-likeness (QED) is 0.524. The van der Waals surface area contributed by atoms with E-state index in [0.29, 0.717) is 11.9 Å². The van der Waals surface area contributed by atoms with Crippen LogP contribution in [0.1, 0.15) is 56.4 Å². The van der Waals surface area contributed by atoms with Crippen LogP contribution in [-0.4, -0.2) is 49.9 Å². The van der Waals surface area contributed by atoms with Gasteiger partial charge in [-0.1, -0.05) is 13.8 Å². The number of nitrogens with zero attached hydrogens (tertiary/aromatic N) is 5. The van der Waals surface area contributed by atoms with Gasteiger partial charge in [0.15, 0.2) is 11.8 Å². The van der Waals surface area contributed by atoms with Crippen LogP contribution in [0.4, 0.5) is 0 Å². The van der Waals surface area contributed by atoms with Crippen molar-refractivity contribution in [2.24, 2.45) is 4.99 Å². The predicted molar refractivity (Wildman–Crippen MR) is 105 cm³/mol. The smallest absolute Gasteiger partial charge is 0.191 e. The van der Waals surface area contributed by atoms with Crippen LogP contribution in [0.3, 0.4) is 0 Å². The van der Waals surface area contributed by atoms with Gasteiger partial charge in [-0.15, -0.1) is 0 Å². The Hall–Kier alpha value is -2.48. The van der Waals surface area contributed by atoms with Crippen LogP contribution in [0.2, 0.25) is 0 Å². The van der Waals surface area contributed by atoms with E-state index in [-0.39, 0.29) is 12.6 Å². The van der Waals surface area contributed by atoms with Gasteiger partial charge in [0.25, 0.3) is 0 Å². The third kappa shape index (κ3) is 5.03. The number of guanidine groups is 1. The minimum atomic E-state index is -0.648. The SMILES string of the molecule is CCNC(=NCC(O)c1ccncc1)NC1CCc2nc(C(C)C)nn2C1. The van der Waals surface area contributed by atoms with Crippen LogP contribution in [0.25, 0.3) is 0 Å². The van der Waals surface area contributed by atoms with E-state index in [9.17, 15) is 5.11 Å². The summed E-state index contributed by atoms with van der Waals surface area (Å²) in [6.07, 6.45) is 4.58. The molecule has 0 spiro atoms. The molecule has 0 fully saturated rings. The van der Waals surface area contributed by atoms with Crippen molar-refractivity contribution in [2.75, 3.05) is 13.1 Å². The lowest BCUT2D eigenvalue weighted by Crippen LogP contribution is -2.47. The molecule has 0 aliphatic carbocycles. The third-order valence-corrected chi connectivity index (χ3v) is 4.59. The van der Waals surface area contributed by atoms with Gasteiger partial charge in [-0.05, 0) is 31.0 Å². The molecule has 0 saturated heterocycles. The molecule has 2 atom stereocenters. The van der Waals surface area contributed by atoms with Gasteiger partial charge in [-0.3, -0.25) is 9.98 Å². The largest absolute Gasteiger partial charge is 0.386 e. The number of nitrogens with one attached hydrogen (secondary N) is 2. The Morgan fingerprint density at radius 2 is 2.15 bits per heavy atom. The molecule has 2 aromatic rings. The second kappa shape index (κ2) is 8.94. The Kier molecular flexibility index (Phi) is 6.39. The number of fused-ring (bicyclic) bond motifs is 1. The van der Waals surface area contributed by atoms with Crippen molar-refractivity contribution in [1.82, 2.24) is 30.4 Å². The first-order chi connectivity index (χ1) is 13.1. The molecule has 1 aliphatic rings. The molecule has 1 aliphatic heterocycles. The number of hydrogen-bond acceptors (Lipinski definition) is 5. The predicted octanol–water partition coefficient (Wildman–Crippen LogP) is 1.40. The maximum atomic E-state index is 10.3. The number of pyridine rings is 1. The molecule has 2 aromatic heterocycles. The molecule has 0 bridgehead atoms. The van der Waals surface area contributed by atoms with Crippen molar-refractivity contribution in [1.29, 1.82) is 0 Å². The summed E-state index contributed by atoms with van der Waals surface area (Å²) < 4.78 is 2.01. The van der Waals surface area contributed by atoms with Gasteiger partial charge >= 0.3 is 0 Å². The molecule has 2 unspecified atom stereocenters. The first-order valence-corrected chi connectivity index (χ1v) is 9.63. The van der Waals surface area contributed by atoms with Crippen LogP contribution in [0.15, 0.2) is 29.5 Å². The molecular weight excluding hydrogens is 342 g/mol. The van der Waals surface area contributed by atoms with E-state index in [1.807, 2.05) is 11.6 Å². The number of rotatable bonds is 6. The summed E-state index contributed by atoms with van der Waals surface area (Å²) in [5, 5.41) is 21.7. The van der Waals surface area contributed by atoms with Crippen molar-refractivity contribution < 1.29 is 5.11 Å². The first-order valence-electron chi connectivity index (χ1n) is 9.63. The standard InChI is InChI=1S/C19H29N7O/c1-4-21-19(22-11-16(27)14-7-9-20-10-8-14)23-15-5-6-17-24-18(13(2)3)25-26(17)12-15/h7-10,13,15-16,27H,4-6,11-12H2,1-3H3,(H2,21,22,23). The molecule has 3 rings (SSSR count). The maximum Gasteiger partial charge on any atom is 0.191 e. The topological polar surface area (TPSA) is 100 Å². The summed E-state index contributed by atoms with van der Waals surface area (Å²) in [4.78, 5) is 13.2. The molecule has 27 heavy (non-hydrogen) atoms. The van der Waals surface area contributed by atoms with Crippen LogP contribution in [0.5, 0.6) is 0 Å². The van der Waals surface area contributed by atoms with Crippen LogP contribution in [0, 0.1) is 0 Å². The average Bonchev–Trinajstić information content (AvgIpc) is 3.10. The van der Waals surface area contributed by atoms with Crippen LogP contribution < -0.4 is 10.6 Å². The molecular formula is C19H29N7O. The molecule has 0 amide bonds. The zero-order valence-corrected chi connectivity index (χ0v) is 16.3. The Balaban J connectivity index is 1.62. The molecule has 0 saturated carbocycles. The molecule has 8 heteroatoms. The van der Waals surface area contributed by atoms with Gasteiger partial charge in [-0.2, -0.15) is 5.10 Å². The normalized spacial score (nSPS) is 18.3. The number of aromatic nitrogens is 4. The van der Waals surface area contributed by atoms with E-state index in [1.54, 1.807) is 24.5 Å². The Morgan fingerprint density at radius 1 is 1.37 bits per heavy atom. The van der Waals surface area contributed by atoms with Crippen molar-refractivity contribution >= 4 is 5.96 Å². The van der Waals surface area contributed by atoms with E-state index >= 15 is 0 Å². The Morgan fingerprint density at radius 3 is 2.85 bits per heavy atom. The first kappa shape index (κ1) is 19.3. The molecule has 0 radical (unpaired) electrons. The van der Waals surface area contributed by atoms with Gasteiger partial charge in [0.05, 0.1) is 19.2 Å². The highest BCUT2D eigenvalue weighted by molar-refractivity contribution is 5.80. The summed E-state index contributed by atoms with van der Waals surface area (Å²) in [7, 11) is 0. The van der Waals surface area contributed by atoms with E-state index < -0.39 is 6.10 Å². The van der Waals surface area contributed by atoms with E-state index in [1.165, 1.54) is 0 Å². The zero-order chi connectivity index (χ0) is 19.2. The van der Waals surface area contributed by atoms with Gasteiger partial charge in [0, 0.05) is 37.3 Å². The Bertz CT molecular complexity index is 757. The summed E-state index contributed by atoms with van der Waals surface area (Å²) in [5.74, 6) is 3.02. The van der Waals surface area contributed by atoms with Gasteiger partial charge in [0.1, 0.15) is 5.82 Å². The van der Waals surface area contributed by atoms with Gasteiger partial charge in [-0.25, -0.2) is 9.67 Å². The van der Waals surface area contributed by atoms with Gasteiger partial charge < -0.3 is 15.7 Å². The molecule has 146 valence electrons. The maximum absolute atomic E-state index is 10.3. The highest BCUT2D eigenvalue weighted by Gasteiger charge is 2.23. The lowest BCUT2D eigenvalue weighted by molar-refractivity contribution is 0.187. The fraction of sp³-hybridized carbons (Fsp3) is 0.579. The Labute approximate surface area is 160 Å². The second-order valence-electron chi connectivity index (χ2n) is 7.12. The monoisotopic (exact) mass is 371 g/mol. The van der Waals surface area contributed by atoms with E-state index in [0.717, 1.165) is 43.1 Å². The fourth-order valence-electron chi connectivity index (χ4n) is 3.07. The molecule has 8 nitrogen and oxygen atoms in total. The average molecular weight is 371 g/mol. The fourth-order valence-corrected chi connectivity index (χ4v) is 3.07. The molecule has 0 aromatic carbocycles. The van der Waals surface area contributed by atoms with E-state index in [4.69, 9.17) is 0 Å².